The first-order valence-electron chi connectivity index (χ1n) is 6.22. The Morgan fingerprint density at radius 3 is 2.19 bits per heavy atom. The van der Waals surface area contributed by atoms with Crippen LogP contribution >= 0.6 is 0 Å². The average molecular weight is 214 g/mol. The van der Waals surface area contributed by atoms with Crippen molar-refractivity contribution in [2.75, 3.05) is 14.1 Å². The molecule has 1 nitrogen and oxygen atoms in total. The molecule has 3 atom stereocenters. The molecule has 0 N–H and O–H groups in total. The van der Waals surface area contributed by atoms with Crippen LogP contribution in [0.15, 0.2) is 24.3 Å². The van der Waals surface area contributed by atoms with Crippen LogP contribution in [-0.2, 0) is 0 Å². The molecule has 0 aliphatic heterocycles. The van der Waals surface area contributed by atoms with Crippen molar-refractivity contribution >= 4 is 0 Å². The first kappa shape index (κ1) is 16.0. The van der Waals surface area contributed by atoms with Gasteiger partial charge in [0.15, 0.2) is 0 Å². The Hall–Kier alpha value is 0.0374. The van der Waals surface area contributed by atoms with Crippen LogP contribution in [0.1, 0.15) is 33.1 Å². The van der Waals surface area contributed by atoms with Crippen molar-refractivity contribution in [3.63, 3.8) is 0 Å². The summed E-state index contributed by atoms with van der Waals surface area (Å²) in [4.78, 5) is 2.37. The fourth-order valence-electron chi connectivity index (χ4n) is 2.53. The zero-order chi connectivity index (χ0) is 11.3. The molecule has 0 aromatic carbocycles. The molecule has 86 valence electrons. The Labute approximate surface area is 113 Å². The van der Waals surface area contributed by atoms with Crippen molar-refractivity contribution in [2.24, 2.45) is 11.8 Å². The van der Waals surface area contributed by atoms with E-state index in [0.29, 0.717) is 0 Å². The van der Waals surface area contributed by atoms with Crippen LogP contribution < -0.4 is 18.9 Å². The van der Waals surface area contributed by atoms with Gasteiger partial charge in [-0.25, -0.2) is 0 Å². The van der Waals surface area contributed by atoms with Gasteiger partial charge in [-0.1, -0.05) is 44.6 Å². The van der Waals surface area contributed by atoms with Crippen molar-refractivity contribution in [3.8, 4) is 0 Å². The first-order chi connectivity index (χ1) is 7.20. The third-order valence-electron chi connectivity index (χ3n) is 3.20. The maximum Gasteiger partial charge on any atom is 1.00 e. The molecular weight excluding hydrogens is 189 g/mol. The molecule has 2 rings (SSSR count). The molecule has 0 aromatic heterocycles. The Bertz CT molecular complexity index is 233. The maximum absolute atomic E-state index is 2.38. The van der Waals surface area contributed by atoms with Crippen LogP contribution in [0, 0.1) is 11.8 Å². The summed E-state index contributed by atoms with van der Waals surface area (Å²) < 4.78 is 0. The molecule has 0 saturated heterocycles. The molecule has 0 radical (unpaired) electrons. The summed E-state index contributed by atoms with van der Waals surface area (Å²) in [6.07, 6.45) is 13.1. The smallest absolute Gasteiger partial charge is 0.306 e. The molecule has 0 amide bonds. The predicted molar refractivity (Wildman–Crippen MR) is 67.9 cm³/mol. The van der Waals surface area contributed by atoms with E-state index >= 15 is 0 Å². The third kappa shape index (κ3) is 4.13. The molecular formula is C14H25LiN+. The largest absolute Gasteiger partial charge is 1.00 e. The molecule has 1 saturated carbocycles. The number of fused-ring (bicyclic) bond motifs is 1. The average Bonchev–Trinajstić information content (AvgIpc) is 2.62. The second kappa shape index (κ2) is 8.18. The van der Waals surface area contributed by atoms with Gasteiger partial charge in [-0.3, -0.25) is 0 Å². The van der Waals surface area contributed by atoms with E-state index in [9.17, 15) is 0 Å². The number of hydrogen-bond acceptors (Lipinski definition) is 1. The van der Waals surface area contributed by atoms with Crippen LogP contribution in [0.3, 0.4) is 0 Å². The summed E-state index contributed by atoms with van der Waals surface area (Å²) in [5.74, 6) is 1.60. The number of nitrogens with zero attached hydrogens (tertiary/aromatic N) is 1. The van der Waals surface area contributed by atoms with Gasteiger partial charge in [0.1, 0.15) is 0 Å². The van der Waals surface area contributed by atoms with Crippen LogP contribution in [0.2, 0.25) is 0 Å². The van der Waals surface area contributed by atoms with Crippen LogP contribution in [0.4, 0.5) is 0 Å². The normalized spacial score (nSPS) is 30.4. The minimum atomic E-state index is 0. The van der Waals surface area contributed by atoms with Crippen LogP contribution in [-0.4, -0.2) is 25.0 Å². The van der Waals surface area contributed by atoms with E-state index in [-0.39, 0.29) is 18.9 Å². The molecule has 2 aliphatic rings. The molecule has 0 heterocycles. The quantitative estimate of drug-likeness (QED) is 0.574. The molecule has 2 heteroatoms. The fourth-order valence-corrected chi connectivity index (χ4v) is 2.53. The van der Waals surface area contributed by atoms with Gasteiger partial charge in [-0.05, 0) is 38.8 Å². The van der Waals surface area contributed by atoms with E-state index in [1.807, 2.05) is 0 Å². The molecule has 3 unspecified atom stereocenters. The zero-order valence-corrected chi connectivity index (χ0v) is 11.6. The van der Waals surface area contributed by atoms with E-state index in [0.717, 1.165) is 17.9 Å². The summed E-state index contributed by atoms with van der Waals surface area (Å²) in [5.41, 5.74) is 0. The van der Waals surface area contributed by atoms with Crippen molar-refractivity contribution in [1.82, 2.24) is 4.90 Å². The standard InChI is InChI=1S/C11H17N.C3H8.Li/c1-12(2)11-8-7-9-5-3-4-6-10(9)11;1-3-2;/h3-6,9-11H,7-8H2,1-2H3;3H2,1-2H3;/q;;+1. The molecule has 2 aliphatic carbocycles. The van der Waals surface area contributed by atoms with Crippen molar-refractivity contribution in [2.45, 2.75) is 39.2 Å². The summed E-state index contributed by atoms with van der Waals surface area (Å²) in [5, 5.41) is 0. The molecule has 0 bridgehead atoms. The first-order valence-corrected chi connectivity index (χ1v) is 6.22. The summed E-state index contributed by atoms with van der Waals surface area (Å²) >= 11 is 0. The predicted octanol–water partition coefficient (Wildman–Crippen LogP) is 0.489. The topological polar surface area (TPSA) is 3.24 Å². The Kier molecular flexibility index (Phi) is 8.19. The second-order valence-corrected chi connectivity index (χ2v) is 4.83. The number of hydrogen-bond donors (Lipinski definition) is 0. The molecule has 0 aromatic rings. The van der Waals surface area contributed by atoms with Crippen molar-refractivity contribution < 1.29 is 18.9 Å². The SMILES string of the molecule is CCC.CN(C)C1CCC2C=CC=CC21.[Li+]. The summed E-state index contributed by atoms with van der Waals surface area (Å²) in [7, 11) is 4.39. The van der Waals surface area contributed by atoms with Crippen LogP contribution in [0.5, 0.6) is 0 Å². The van der Waals surface area contributed by atoms with Gasteiger partial charge < -0.3 is 4.90 Å². The van der Waals surface area contributed by atoms with E-state index in [1.165, 1.54) is 19.3 Å². The van der Waals surface area contributed by atoms with E-state index in [1.54, 1.807) is 0 Å². The van der Waals surface area contributed by atoms with Crippen molar-refractivity contribution in [1.29, 1.82) is 0 Å². The van der Waals surface area contributed by atoms with Gasteiger partial charge in [-0.15, -0.1) is 0 Å². The fraction of sp³-hybridized carbons (Fsp3) is 0.714. The van der Waals surface area contributed by atoms with Gasteiger partial charge in [0.2, 0.25) is 0 Å². The molecule has 16 heavy (non-hydrogen) atoms. The summed E-state index contributed by atoms with van der Waals surface area (Å²) in [6, 6.07) is 0.774. The van der Waals surface area contributed by atoms with Crippen LogP contribution in [0.25, 0.3) is 0 Å². The van der Waals surface area contributed by atoms with E-state index < -0.39 is 0 Å². The van der Waals surface area contributed by atoms with E-state index in [2.05, 4.69) is 57.1 Å². The Balaban J connectivity index is 0.000000511. The third-order valence-corrected chi connectivity index (χ3v) is 3.20. The molecule has 1 fully saturated rings. The van der Waals surface area contributed by atoms with E-state index in [4.69, 9.17) is 0 Å². The Morgan fingerprint density at radius 1 is 1.06 bits per heavy atom. The van der Waals surface area contributed by atoms with Gasteiger partial charge in [0, 0.05) is 6.04 Å². The van der Waals surface area contributed by atoms with Gasteiger partial charge >= 0.3 is 18.9 Å². The van der Waals surface area contributed by atoms with Gasteiger partial charge in [-0.2, -0.15) is 0 Å². The number of allylic oxidation sites excluding steroid dienone is 3. The number of rotatable bonds is 1. The monoisotopic (exact) mass is 214 g/mol. The summed E-state index contributed by atoms with van der Waals surface area (Å²) in [6.45, 7) is 4.25. The van der Waals surface area contributed by atoms with Gasteiger partial charge in [0.05, 0.1) is 0 Å². The maximum atomic E-state index is 2.38. The minimum Gasteiger partial charge on any atom is -0.306 e. The zero-order valence-electron chi connectivity index (χ0n) is 11.6. The molecule has 0 spiro atoms. The second-order valence-electron chi connectivity index (χ2n) is 4.83. The van der Waals surface area contributed by atoms with Crippen molar-refractivity contribution in [3.05, 3.63) is 24.3 Å². The Morgan fingerprint density at radius 2 is 1.62 bits per heavy atom. The van der Waals surface area contributed by atoms with Gasteiger partial charge in [0.25, 0.3) is 0 Å². The minimum absolute atomic E-state index is 0.